The Balaban J connectivity index is 0.00000456. The summed E-state index contributed by atoms with van der Waals surface area (Å²) in [5, 5.41) is 36.5. The molecule has 2 aromatic carbocycles. The number of hydrogen-bond acceptors (Lipinski definition) is 5. The van der Waals surface area contributed by atoms with Gasteiger partial charge in [-0.1, -0.05) is 32.0 Å². The fourth-order valence-corrected chi connectivity index (χ4v) is 4.01. The minimum absolute atomic E-state index is 0. The minimum atomic E-state index is -1.17. The molecule has 0 fully saturated rings. The summed E-state index contributed by atoms with van der Waals surface area (Å²) in [4.78, 5) is 24.0. The molecule has 0 unspecified atom stereocenters. The van der Waals surface area contributed by atoms with Crippen LogP contribution in [0.3, 0.4) is 0 Å². The first-order chi connectivity index (χ1) is 16.7. The fraction of sp³-hybridized carbons (Fsp3) is 0.346. The van der Waals surface area contributed by atoms with Crippen LogP contribution in [0.2, 0.25) is 0 Å². The van der Waals surface area contributed by atoms with Crippen LogP contribution in [0.4, 0.5) is 10.1 Å². The summed E-state index contributed by atoms with van der Waals surface area (Å²) >= 11 is 0. The second-order valence-corrected chi connectivity index (χ2v) is 8.75. The van der Waals surface area contributed by atoms with Gasteiger partial charge in [0.25, 0.3) is 5.91 Å². The number of rotatable bonds is 11. The summed E-state index contributed by atoms with van der Waals surface area (Å²) < 4.78 is 15.1. The predicted octanol–water partition coefficient (Wildman–Crippen LogP) is 3.53. The van der Waals surface area contributed by atoms with E-state index in [-0.39, 0.29) is 59.9 Å². The first-order valence-electron chi connectivity index (χ1n) is 11.5. The standard InChI is InChI=1S/C26H30FN3O5.Na/c1-16(2)24-22(13-12-20(31)14-21(32)15-23(33)34)30(19-10-8-17(27)9-11-19)29-25(24)26(35)28-18-6-4-3-5-7-18;/h3-11,16,20-21,31-32H,12-15H2,1-2H3,(H,28,35)(H,33,34);/t20-,21-;/m1./s1. The van der Waals surface area contributed by atoms with E-state index in [4.69, 9.17) is 5.11 Å². The Bertz CT molecular complexity index is 1150. The Morgan fingerprint density at radius 1 is 1.03 bits per heavy atom. The number of aliphatic hydroxyl groups excluding tert-OH is 2. The average Bonchev–Trinajstić information content (AvgIpc) is 3.18. The first kappa shape index (κ1) is 29.7. The van der Waals surface area contributed by atoms with Crippen LogP contribution in [0.1, 0.15) is 60.8 Å². The summed E-state index contributed by atoms with van der Waals surface area (Å²) in [5.41, 5.74) is 2.77. The van der Waals surface area contributed by atoms with E-state index >= 15 is 0 Å². The topological polar surface area (TPSA) is 125 Å². The number of nitrogens with one attached hydrogen (secondary N) is 1. The number of carbonyl (C=O) groups is 2. The van der Waals surface area contributed by atoms with Crippen molar-refractivity contribution in [3.63, 3.8) is 0 Å². The van der Waals surface area contributed by atoms with Gasteiger partial charge in [0, 0.05) is 46.5 Å². The van der Waals surface area contributed by atoms with E-state index in [0.29, 0.717) is 29.1 Å². The Kier molecular flexibility index (Phi) is 11.3. The average molecular weight is 507 g/mol. The van der Waals surface area contributed by atoms with Crippen molar-refractivity contribution in [2.45, 2.75) is 57.7 Å². The quantitative estimate of drug-likeness (QED) is 0.295. The number of para-hydroxylation sites is 1. The second-order valence-electron chi connectivity index (χ2n) is 8.75. The molecule has 3 aromatic rings. The number of carbonyl (C=O) groups excluding carboxylic acids is 1. The van der Waals surface area contributed by atoms with Crippen LogP contribution in [0, 0.1) is 5.82 Å². The molecule has 1 aromatic heterocycles. The van der Waals surface area contributed by atoms with E-state index in [9.17, 15) is 24.2 Å². The molecular formula is C26H30FN3NaO5. The van der Waals surface area contributed by atoms with Gasteiger partial charge < -0.3 is 20.6 Å². The van der Waals surface area contributed by atoms with Crippen molar-refractivity contribution in [3.8, 4) is 5.69 Å². The molecule has 1 heterocycles. The molecule has 1 amide bonds. The molecule has 0 saturated carbocycles. The number of nitrogens with zero attached hydrogens (tertiary/aromatic N) is 2. The molecule has 8 nitrogen and oxygen atoms in total. The number of aromatic nitrogens is 2. The number of aliphatic hydroxyl groups is 2. The largest absolute Gasteiger partial charge is 0.481 e. The number of halogens is 1. The molecule has 0 spiro atoms. The van der Waals surface area contributed by atoms with E-state index in [1.807, 2.05) is 32.0 Å². The van der Waals surface area contributed by atoms with E-state index in [1.165, 1.54) is 12.1 Å². The molecule has 0 aliphatic rings. The number of anilines is 1. The van der Waals surface area contributed by atoms with Crippen molar-refractivity contribution < 1.29 is 29.3 Å². The van der Waals surface area contributed by atoms with Crippen molar-refractivity contribution in [2.24, 2.45) is 0 Å². The molecule has 0 bridgehead atoms. The van der Waals surface area contributed by atoms with Gasteiger partial charge in [-0.3, -0.25) is 9.59 Å². The van der Waals surface area contributed by atoms with Crippen molar-refractivity contribution in [1.29, 1.82) is 0 Å². The SMILES string of the molecule is CC(C)c1c(C(=O)Nc2ccccc2)nn(-c2ccc(F)cc2)c1CC[C@@H](O)C[C@@H](O)CC(=O)O.[Na]. The van der Waals surface area contributed by atoms with E-state index < -0.39 is 30.4 Å². The summed E-state index contributed by atoms with van der Waals surface area (Å²) in [5.74, 6) is -2.03. The third kappa shape index (κ3) is 7.97. The van der Waals surface area contributed by atoms with Crippen molar-refractivity contribution in [3.05, 3.63) is 77.4 Å². The van der Waals surface area contributed by atoms with Gasteiger partial charge >= 0.3 is 5.97 Å². The van der Waals surface area contributed by atoms with E-state index in [2.05, 4.69) is 10.4 Å². The molecule has 0 aliphatic carbocycles. The third-order valence-corrected chi connectivity index (χ3v) is 5.59. The van der Waals surface area contributed by atoms with Crippen molar-refractivity contribution in [1.82, 2.24) is 9.78 Å². The Labute approximate surface area is 231 Å². The van der Waals surface area contributed by atoms with E-state index in [1.54, 1.807) is 28.9 Å². The molecule has 2 atom stereocenters. The Morgan fingerprint density at radius 3 is 2.25 bits per heavy atom. The zero-order valence-corrected chi connectivity index (χ0v) is 22.7. The summed E-state index contributed by atoms with van der Waals surface area (Å²) in [6, 6.07) is 14.7. The van der Waals surface area contributed by atoms with Gasteiger partial charge in [0.1, 0.15) is 5.82 Å². The molecule has 1 radical (unpaired) electrons. The number of amides is 1. The van der Waals surface area contributed by atoms with Gasteiger partial charge in [-0.15, -0.1) is 0 Å². The second kappa shape index (κ2) is 13.7. The zero-order valence-electron chi connectivity index (χ0n) is 20.7. The van der Waals surface area contributed by atoms with Crippen LogP contribution in [0.5, 0.6) is 0 Å². The normalized spacial score (nSPS) is 12.6. The van der Waals surface area contributed by atoms with Crippen LogP contribution in [-0.4, -0.2) is 78.7 Å². The van der Waals surface area contributed by atoms with Crippen molar-refractivity contribution >= 4 is 47.1 Å². The summed E-state index contributed by atoms with van der Waals surface area (Å²) in [6.45, 7) is 3.86. The predicted molar refractivity (Wildman–Crippen MR) is 135 cm³/mol. The Hall–Kier alpha value is -2.56. The monoisotopic (exact) mass is 506 g/mol. The maximum atomic E-state index is 13.6. The third-order valence-electron chi connectivity index (χ3n) is 5.59. The fourth-order valence-electron chi connectivity index (χ4n) is 4.01. The van der Waals surface area contributed by atoms with Gasteiger partial charge in [-0.05, 0) is 61.6 Å². The molecule has 0 saturated heterocycles. The number of carboxylic acids is 1. The molecule has 36 heavy (non-hydrogen) atoms. The van der Waals surface area contributed by atoms with Crippen LogP contribution in [0.15, 0.2) is 54.6 Å². The maximum absolute atomic E-state index is 13.6. The molecule has 187 valence electrons. The molecule has 4 N–H and O–H groups in total. The van der Waals surface area contributed by atoms with Crippen LogP contribution in [0.25, 0.3) is 5.69 Å². The zero-order chi connectivity index (χ0) is 25.5. The maximum Gasteiger partial charge on any atom is 0.305 e. The number of benzene rings is 2. The van der Waals surface area contributed by atoms with Crippen LogP contribution < -0.4 is 5.32 Å². The smallest absolute Gasteiger partial charge is 0.305 e. The van der Waals surface area contributed by atoms with Gasteiger partial charge in [0.05, 0.1) is 24.3 Å². The number of aliphatic carboxylic acids is 1. The first-order valence-corrected chi connectivity index (χ1v) is 11.5. The number of hydrogen-bond donors (Lipinski definition) is 4. The summed E-state index contributed by atoms with van der Waals surface area (Å²) in [7, 11) is 0. The Morgan fingerprint density at radius 2 is 1.67 bits per heavy atom. The van der Waals surface area contributed by atoms with Gasteiger partial charge in [-0.25, -0.2) is 9.07 Å². The number of carboxylic acid groups (broad SMARTS) is 1. The van der Waals surface area contributed by atoms with Gasteiger partial charge in [0.15, 0.2) is 5.69 Å². The molecule has 3 rings (SSSR count). The van der Waals surface area contributed by atoms with E-state index in [0.717, 1.165) is 0 Å². The molecule has 0 aliphatic heterocycles. The molecular weight excluding hydrogens is 476 g/mol. The van der Waals surface area contributed by atoms with Gasteiger partial charge in [-0.2, -0.15) is 5.10 Å². The van der Waals surface area contributed by atoms with Crippen LogP contribution >= 0.6 is 0 Å². The van der Waals surface area contributed by atoms with Crippen LogP contribution in [-0.2, 0) is 11.2 Å². The van der Waals surface area contributed by atoms with Gasteiger partial charge in [0.2, 0.25) is 0 Å². The summed E-state index contributed by atoms with van der Waals surface area (Å²) in [6.07, 6.45) is -2.15. The molecule has 10 heteroatoms. The minimum Gasteiger partial charge on any atom is -0.481 e. The van der Waals surface area contributed by atoms with Crippen molar-refractivity contribution in [2.75, 3.05) is 5.32 Å².